The zero-order valence-corrected chi connectivity index (χ0v) is 13.0. The average Bonchev–Trinajstić information content (AvgIpc) is 3.00. The van der Waals surface area contributed by atoms with Crippen LogP contribution < -0.4 is 0 Å². The number of nitrogens with zero attached hydrogens (tertiary/aromatic N) is 2. The molecule has 0 aliphatic rings. The van der Waals surface area contributed by atoms with Crippen molar-refractivity contribution in [2.24, 2.45) is 0 Å². The van der Waals surface area contributed by atoms with E-state index >= 15 is 0 Å². The van der Waals surface area contributed by atoms with Gasteiger partial charge in [-0.3, -0.25) is 15.4 Å². The lowest BCUT2D eigenvalue weighted by molar-refractivity contribution is -0.384. The number of nitro groups is 1. The standard InChI is InChI=1S/C16H12ClN3O4/c17-12-5-1-10(2-6-12)15-14(9-24-23)18-16(19-15)11-3-7-13(8-4-11)20(21)22/h1-8,23H,9H2,(H,18,19). The fraction of sp³-hybridized carbons (Fsp3) is 0.0625. The fourth-order valence-electron chi connectivity index (χ4n) is 2.30. The molecule has 1 aromatic heterocycles. The van der Waals surface area contributed by atoms with Crippen LogP contribution in [0.3, 0.4) is 0 Å². The summed E-state index contributed by atoms with van der Waals surface area (Å²) in [5, 5.41) is 20.1. The molecule has 0 spiro atoms. The largest absolute Gasteiger partial charge is 0.339 e. The maximum Gasteiger partial charge on any atom is 0.269 e. The SMILES string of the molecule is O=[N+]([O-])c1ccc(-c2nc(-c3ccc(Cl)cc3)c(COO)[nH]2)cc1. The first kappa shape index (κ1) is 16.1. The molecule has 2 N–H and O–H groups in total. The summed E-state index contributed by atoms with van der Waals surface area (Å²) in [6, 6.07) is 13.1. The van der Waals surface area contributed by atoms with E-state index in [9.17, 15) is 10.1 Å². The number of hydrogen-bond donors (Lipinski definition) is 2. The van der Waals surface area contributed by atoms with Crippen LogP contribution in [0.4, 0.5) is 5.69 Å². The van der Waals surface area contributed by atoms with Gasteiger partial charge < -0.3 is 4.98 Å². The molecule has 122 valence electrons. The van der Waals surface area contributed by atoms with Crippen molar-refractivity contribution in [2.75, 3.05) is 0 Å². The highest BCUT2D eigenvalue weighted by atomic mass is 35.5. The van der Waals surface area contributed by atoms with Gasteiger partial charge in [-0.25, -0.2) is 9.87 Å². The Balaban J connectivity index is 2.02. The molecule has 2 aromatic carbocycles. The summed E-state index contributed by atoms with van der Waals surface area (Å²) in [6.07, 6.45) is 0. The van der Waals surface area contributed by atoms with E-state index in [-0.39, 0.29) is 12.3 Å². The number of aromatic nitrogens is 2. The van der Waals surface area contributed by atoms with Gasteiger partial charge in [-0.15, -0.1) is 0 Å². The van der Waals surface area contributed by atoms with E-state index in [1.807, 2.05) is 0 Å². The number of benzene rings is 2. The Morgan fingerprint density at radius 2 is 1.75 bits per heavy atom. The number of halogens is 1. The van der Waals surface area contributed by atoms with Gasteiger partial charge in [0.1, 0.15) is 12.4 Å². The number of nitro benzene ring substituents is 1. The zero-order valence-electron chi connectivity index (χ0n) is 12.3. The Morgan fingerprint density at radius 3 is 2.33 bits per heavy atom. The third kappa shape index (κ3) is 3.28. The quantitative estimate of drug-likeness (QED) is 0.408. The van der Waals surface area contributed by atoms with E-state index in [4.69, 9.17) is 16.9 Å². The normalized spacial score (nSPS) is 10.8. The highest BCUT2D eigenvalue weighted by Gasteiger charge is 2.15. The maximum absolute atomic E-state index is 10.7. The average molecular weight is 346 g/mol. The van der Waals surface area contributed by atoms with Crippen molar-refractivity contribution in [3.63, 3.8) is 0 Å². The molecule has 8 heteroatoms. The highest BCUT2D eigenvalue weighted by Crippen LogP contribution is 2.28. The lowest BCUT2D eigenvalue weighted by Gasteiger charge is -2.00. The second kappa shape index (κ2) is 6.79. The molecule has 0 unspecified atom stereocenters. The van der Waals surface area contributed by atoms with Gasteiger partial charge in [0.2, 0.25) is 0 Å². The first-order chi connectivity index (χ1) is 11.6. The Hall–Kier alpha value is -2.74. The summed E-state index contributed by atoms with van der Waals surface area (Å²) in [5.41, 5.74) is 2.67. The van der Waals surface area contributed by atoms with Crippen LogP contribution in [0.25, 0.3) is 22.6 Å². The molecule has 0 aliphatic heterocycles. The molecule has 0 saturated heterocycles. The first-order valence-corrected chi connectivity index (χ1v) is 7.32. The summed E-state index contributed by atoms with van der Waals surface area (Å²) in [7, 11) is 0. The highest BCUT2D eigenvalue weighted by molar-refractivity contribution is 6.30. The van der Waals surface area contributed by atoms with E-state index in [1.54, 1.807) is 36.4 Å². The molecule has 0 saturated carbocycles. The van der Waals surface area contributed by atoms with E-state index in [0.29, 0.717) is 27.8 Å². The minimum absolute atomic E-state index is 0.00199. The molecule has 7 nitrogen and oxygen atoms in total. The number of aromatic amines is 1. The van der Waals surface area contributed by atoms with Crippen LogP contribution in [0.5, 0.6) is 0 Å². The monoisotopic (exact) mass is 345 g/mol. The predicted octanol–water partition coefficient (Wildman–Crippen LogP) is 4.29. The van der Waals surface area contributed by atoms with Gasteiger partial charge in [-0.1, -0.05) is 23.7 Å². The van der Waals surface area contributed by atoms with E-state index in [0.717, 1.165) is 5.56 Å². The number of imidazole rings is 1. The van der Waals surface area contributed by atoms with Crippen LogP contribution in [-0.4, -0.2) is 20.1 Å². The Bertz CT molecular complexity index is 860. The van der Waals surface area contributed by atoms with Gasteiger partial charge in [0.25, 0.3) is 5.69 Å². The van der Waals surface area contributed by atoms with Crippen molar-refractivity contribution in [3.05, 3.63) is 69.4 Å². The van der Waals surface area contributed by atoms with Crippen LogP contribution in [0.15, 0.2) is 48.5 Å². The topological polar surface area (TPSA) is 101 Å². The number of nitrogens with one attached hydrogen (secondary N) is 1. The molecule has 1 heterocycles. The zero-order chi connectivity index (χ0) is 17.1. The lowest BCUT2D eigenvalue weighted by atomic mass is 10.1. The van der Waals surface area contributed by atoms with Crippen molar-refractivity contribution in [2.45, 2.75) is 6.61 Å². The fourth-order valence-corrected chi connectivity index (χ4v) is 2.43. The van der Waals surface area contributed by atoms with Crippen molar-refractivity contribution in [1.82, 2.24) is 9.97 Å². The van der Waals surface area contributed by atoms with Gasteiger partial charge in [0.05, 0.1) is 16.3 Å². The summed E-state index contributed by atoms with van der Waals surface area (Å²) < 4.78 is 0. The minimum atomic E-state index is -0.462. The molecule has 3 aromatic rings. The number of rotatable bonds is 5. The van der Waals surface area contributed by atoms with Crippen molar-refractivity contribution < 1.29 is 15.1 Å². The van der Waals surface area contributed by atoms with Crippen LogP contribution in [0, 0.1) is 10.1 Å². The second-order valence-electron chi connectivity index (χ2n) is 5.00. The Kier molecular flexibility index (Phi) is 4.57. The molecule has 0 aliphatic carbocycles. The van der Waals surface area contributed by atoms with Gasteiger partial charge in [0, 0.05) is 28.3 Å². The van der Waals surface area contributed by atoms with Gasteiger partial charge >= 0.3 is 0 Å². The van der Waals surface area contributed by atoms with E-state index in [1.165, 1.54) is 12.1 Å². The summed E-state index contributed by atoms with van der Waals surface area (Å²) >= 11 is 5.89. The molecule has 0 radical (unpaired) electrons. The molecular weight excluding hydrogens is 334 g/mol. The third-order valence-electron chi connectivity index (χ3n) is 3.46. The van der Waals surface area contributed by atoms with E-state index in [2.05, 4.69) is 14.9 Å². The molecule has 24 heavy (non-hydrogen) atoms. The van der Waals surface area contributed by atoms with Crippen molar-refractivity contribution in [1.29, 1.82) is 0 Å². The van der Waals surface area contributed by atoms with Crippen molar-refractivity contribution in [3.8, 4) is 22.6 Å². The summed E-state index contributed by atoms with van der Waals surface area (Å²) in [6.45, 7) is -0.0715. The van der Waals surface area contributed by atoms with Gasteiger partial charge in [-0.05, 0) is 24.3 Å². The number of H-pyrrole nitrogens is 1. The number of non-ortho nitro benzene ring substituents is 1. The molecule has 0 bridgehead atoms. The molecule has 0 fully saturated rings. The molecule has 0 atom stereocenters. The molecule has 0 amide bonds. The summed E-state index contributed by atoms with van der Waals surface area (Å²) in [4.78, 5) is 22.1. The van der Waals surface area contributed by atoms with E-state index < -0.39 is 4.92 Å². The maximum atomic E-state index is 10.7. The van der Waals surface area contributed by atoms with Crippen molar-refractivity contribution >= 4 is 17.3 Å². The van der Waals surface area contributed by atoms with Crippen LogP contribution >= 0.6 is 11.6 Å². The molecular formula is C16H12ClN3O4. The van der Waals surface area contributed by atoms with Gasteiger partial charge in [-0.2, -0.15) is 0 Å². The minimum Gasteiger partial charge on any atom is -0.339 e. The van der Waals surface area contributed by atoms with Gasteiger partial charge in [0.15, 0.2) is 0 Å². The Morgan fingerprint density at radius 1 is 1.12 bits per heavy atom. The predicted molar refractivity (Wildman–Crippen MR) is 88.5 cm³/mol. The first-order valence-electron chi connectivity index (χ1n) is 6.94. The Labute approximate surface area is 141 Å². The third-order valence-corrected chi connectivity index (χ3v) is 3.71. The second-order valence-corrected chi connectivity index (χ2v) is 5.43. The lowest BCUT2D eigenvalue weighted by Crippen LogP contribution is -1.91. The molecule has 3 rings (SSSR count). The summed E-state index contributed by atoms with van der Waals surface area (Å²) in [5.74, 6) is 0.516. The van der Waals surface area contributed by atoms with Crippen LogP contribution in [-0.2, 0) is 11.5 Å². The number of hydrogen-bond acceptors (Lipinski definition) is 5. The smallest absolute Gasteiger partial charge is 0.269 e. The van der Waals surface area contributed by atoms with Crippen LogP contribution in [0.2, 0.25) is 5.02 Å². The van der Waals surface area contributed by atoms with Crippen LogP contribution in [0.1, 0.15) is 5.69 Å².